The Morgan fingerprint density at radius 3 is 2.52 bits per heavy atom. The zero-order valence-electron chi connectivity index (χ0n) is 11.7. The predicted molar refractivity (Wildman–Crippen MR) is 83.4 cm³/mol. The van der Waals surface area contributed by atoms with Crippen LogP contribution in [0.4, 0.5) is 0 Å². The minimum atomic E-state index is -3.97. The van der Waals surface area contributed by atoms with Crippen LogP contribution in [0.5, 0.6) is 0 Å². The molecule has 0 bridgehead atoms. The molecular formula is C14H17Cl2NO3S. The summed E-state index contributed by atoms with van der Waals surface area (Å²) < 4.78 is 22.9. The van der Waals surface area contributed by atoms with Crippen molar-refractivity contribution in [1.29, 1.82) is 0 Å². The summed E-state index contributed by atoms with van der Waals surface area (Å²) in [5.41, 5.74) is 0.291. The van der Waals surface area contributed by atoms with E-state index in [2.05, 4.69) is 0 Å². The molecule has 0 radical (unpaired) electrons. The van der Waals surface area contributed by atoms with Gasteiger partial charge >= 0.3 is 0 Å². The van der Waals surface area contributed by atoms with Gasteiger partial charge in [0.05, 0.1) is 5.02 Å². The third kappa shape index (κ3) is 3.90. The van der Waals surface area contributed by atoms with Crippen molar-refractivity contribution in [1.82, 2.24) is 4.90 Å². The maximum atomic E-state index is 12.5. The molecule has 1 aromatic rings. The fraction of sp³-hybridized carbons (Fsp3) is 0.500. The van der Waals surface area contributed by atoms with Gasteiger partial charge in [-0.15, -0.1) is 0 Å². The highest BCUT2D eigenvalue weighted by atomic mass is 35.7. The number of carbonyl (C=O) groups excluding carboxylic acids is 1. The SMILES string of the molecule is CCN(CC1CCC1)C(=O)c1ccc(Cl)c(S(=O)(=O)Cl)c1. The predicted octanol–water partition coefficient (Wildman–Crippen LogP) is 3.53. The van der Waals surface area contributed by atoms with E-state index in [0.29, 0.717) is 24.6 Å². The van der Waals surface area contributed by atoms with Crippen molar-refractivity contribution in [2.75, 3.05) is 13.1 Å². The van der Waals surface area contributed by atoms with Gasteiger partial charge in [-0.2, -0.15) is 0 Å². The van der Waals surface area contributed by atoms with Gasteiger partial charge < -0.3 is 4.90 Å². The molecule has 0 unspecified atom stereocenters. The first-order valence-electron chi connectivity index (χ1n) is 6.86. The van der Waals surface area contributed by atoms with E-state index in [4.69, 9.17) is 22.3 Å². The molecule has 0 atom stereocenters. The largest absolute Gasteiger partial charge is 0.339 e. The molecule has 0 aromatic heterocycles. The van der Waals surface area contributed by atoms with Gasteiger partial charge in [0.15, 0.2) is 0 Å². The summed E-state index contributed by atoms with van der Waals surface area (Å²) in [5.74, 6) is 0.361. The van der Waals surface area contributed by atoms with E-state index in [1.165, 1.54) is 24.6 Å². The Morgan fingerprint density at radius 2 is 2.05 bits per heavy atom. The van der Waals surface area contributed by atoms with Crippen LogP contribution in [-0.2, 0) is 9.05 Å². The molecule has 116 valence electrons. The molecule has 1 aromatic carbocycles. The molecule has 7 heteroatoms. The average molecular weight is 350 g/mol. The molecule has 0 heterocycles. The second kappa shape index (κ2) is 6.55. The summed E-state index contributed by atoms with van der Waals surface area (Å²) in [6, 6.07) is 4.16. The second-order valence-electron chi connectivity index (χ2n) is 5.22. The van der Waals surface area contributed by atoms with E-state index in [-0.39, 0.29) is 15.8 Å². The summed E-state index contributed by atoms with van der Waals surface area (Å²) in [6.45, 7) is 3.20. The topological polar surface area (TPSA) is 54.5 Å². The summed E-state index contributed by atoms with van der Waals surface area (Å²) in [7, 11) is 1.36. The minimum Gasteiger partial charge on any atom is -0.339 e. The summed E-state index contributed by atoms with van der Waals surface area (Å²) >= 11 is 5.83. The van der Waals surface area contributed by atoms with Crippen molar-refractivity contribution < 1.29 is 13.2 Å². The molecule has 0 aliphatic heterocycles. The van der Waals surface area contributed by atoms with Crippen LogP contribution < -0.4 is 0 Å². The summed E-state index contributed by atoms with van der Waals surface area (Å²) in [5, 5.41) is 0.0172. The van der Waals surface area contributed by atoms with Crippen LogP contribution >= 0.6 is 22.3 Å². The second-order valence-corrected chi connectivity index (χ2v) is 8.17. The van der Waals surface area contributed by atoms with Gasteiger partial charge in [0.2, 0.25) is 0 Å². The zero-order valence-corrected chi connectivity index (χ0v) is 14.0. The molecular weight excluding hydrogens is 333 g/mol. The van der Waals surface area contributed by atoms with Gasteiger partial charge in [-0.25, -0.2) is 8.42 Å². The number of benzene rings is 1. The fourth-order valence-electron chi connectivity index (χ4n) is 2.35. The van der Waals surface area contributed by atoms with Crippen molar-refractivity contribution in [3.63, 3.8) is 0 Å². The van der Waals surface area contributed by atoms with Crippen LogP contribution in [0.1, 0.15) is 36.5 Å². The van der Waals surface area contributed by atoms with E-state index >= 15 is 0 Å². The van der Waals surface area contributed by atoms with Crippen LogP contribution in [0.2, 0.25) is 5.02 Å². The molecule has 1 saturated carbocycles. The Morgan fingerprint density at radius 1 is 1.38 bits per heavy atom. The molecule has 0 saturated heterocycles. The lowest BCUT2D eigenvalue weighted by molar-refractivity contribution is 0.0706. The maximum absolute atomic E-state index is 12.5. The molecule has 21 heavy (non-hydrogen) atoms. The number of halogens is 2. The molecule has 2 rings (SSSR count). The molecule has 1 aliphatic rings. The van der Waals surface area contributed by atoms with Crippen LogP contribution in [0.3, 0.4) is 0 Å². The summed E-state index contributed by atoms with van der Waals surface area (Å²) in [4.78, 5) is 14.0. The molecule has 0 N–H and O–H groups in total. The highest BCUT2D eigenvalue weighted by Gasteiger charge is 2.25. The van der Waals surface area contributed by atoms with Crippen molar-refractivity contribution in [2.24, 2.45) is 5.92 Å². The third-order valence-electron chi connectivity index (χ3n) is 3.81. The Labute approximate surface area is 134 Å². The van der Waals surface area contributed by atoms with E-state index in [9.17, 15) is 13.2 Å². The van der Waals surface area contributed by atoms with Gasteiger partial charge in [0, 0.05) is 29.3 Å². The Balaban J connectivity index is 2.25. The van der Waals surface area contributed by atoms with Crippen molar-refractivity contribution >= 4 is 37.2 Å². The molecule has 4 nitrogen and oxygen atoms in total. The third-order valence-corrected chi connectivity index (χ3v) is 5.62. The highest BCUT2D eigenvalue weighted by molar-refractivity contribution is 8.13. The van der Waals surface area contributed by atoms with Gasteiger partial charge in [0.25, 0.3) is 15.0 Å². The number of nitrogens with zero attached hydrogens (tertiary/aromatic N) is 1. The molecule has 1 fully saturated rings. The zero-order chi connectivity index (χ0) is 15.6. The Hall–Kier alpha value is -0.780. The first-order chi connectivity index (χ1) is 9.82. The monoisotopic (exact) mass is 349 g/mol. The quantitative estimate of drug-likeness (QED) is 0.764. The van der Waals surface area contributed by atoms with E-state index in [0.717, 1.165) is 12.8 Å². The maximum Gasteiger partial charge on any atom is 0.262 e. The van der Waals surface area contributed by atoms with E-state index in [1.807, 2.05) is 6.92 Å². The average Bonchev–Trinajstić information content (AvgIpc) is 2.36. The number of hydrogen-bond acceptors (Lipinski definition) is 3. The van der Waals surface area contributed by atoms with Crippen LogP contribution in [-0.4, -0.2) is 32.3 Å². The Kier molecular flexibility index (Phi) is 5.17. The fourth-order valence-corrected chi connectivity index (χ4v) is 3.84. The number of carbonyl (C=O) groups is 1. The van der Waals surface area contributed by atoms with Crippen molar-refractivity contribution in [3.05, 3.63) is 28.8 Å². The van der Waals surface area contributed by atoms with Gasteiger partial charge in [-0.3, -0.25) is 4.79 Å². The number of rotatable bonds is 5. The normalized spacial score (nSPS) is 15.6. The summed E-state index contributed by atoms with van der Waals surface area (Å²) in [6.07, 6.45) is 3.50. The van der Waals surface area contributed by atoms with Gasteiger partial charge in [-0.05, 0) is 43.9 Å². The smallest absolute Gasteiger partial charge is 0.262 e. The van der Waals surface area contributed by atoms with Crippen LogP contribution in [0, 0.1) is 5.92 Å². The highest BCUT2D eigenvalue weighted by Crippen LogP contribution is 2.29. The molecule has 0 spiro atoms. The van der Waals surface area contributed by atoms with Crippen molar-refractivity contribution in [3.8, 4) is 0 Å². The first-order valence-corrected chi connectivity index (χ1v) is 9.55. The number of hydrogen-bond donors (Lipinski definition) is 0. The standard InChI is InChI=1S/C14H17Cl2NO3S/c1-2-17(9-10-4-3-5-10)14(18)11-6-7-12(15)13(8-11)21(16,19)20/h6-8,10H,2-5,9H2,1H3. The van der Waals surface area contributed by atoms with E-state index in [1.54, 1.807) is 4.90 Å². The van der Waals surface area contributed by atoms with Gasteiger partial charge in [0.1, 0.15) is 4.90 Å². The Bertz CT molecular complexity index is 642. The molecule has 1 amide bonds. The first kappa shape index (κ1) is 16.6. The minimum absolute atomic E-state index is 0.0172. The van der Waals surface area contributed by atoms with Gasteiger partial charge in [-0.1, -0.05) is 18.0 Å². The lowest BCUT2D eigenvalue weighted by Gasteiger charge is -2.31. The van der Waals surface area contributed by atoms with Crippen molar-refractivity contribution in [2.45, 2.75) is 31.1 Å². The van der Waals surface area contributed by atoms with Crippen LogP contribution in [0.15, 0.2) is 23.1 Å². The van der Waals surface area contributed by atoms with Crippen LogP contribution in [0.25, 0.3) is 0 Å². The van der Waals surface area contributed by atoms with E-state index < -0.39 is 9.05 Å². The molecule has 1 aliphatic carbocycles. The lowest BCUT2D eigenvalue weighted by atomic mass is 9.85. The number of amides is 1. The lowest BCUT2D eigenvalue weighted by Crippen LogP contribution is -2.37.